The summed E-state index contributed by atoms with van der Waals surface area (Å²) in [5.41, 5.74) is -5.03. The average molecular weight is 688 g/mol. The number of halogens is 5. The second-order valence-electron chi connectivity index (χ2n) is 10.9. The van der Waals surface area contributed by atoms with Crippen LogP contribution in [0.1, 0.15) is 36.8 Å². The Hall–Kier alpha value is -4.26. The van der Waals surface area contributed by atoms with Crippen molar-refractivity contribution in [2.24, 2.45) is 0 Å². The molecule has 0 aliphatic carbocycles. The van der Waals surface area contributed by atoms with E-state index in [-0.39, 0.29) is 5.69 Å². The monoisotopic (exact) mass is 686 g/mol. The Bertz CT molecular complexity index is 2060. The van der Waals surface area contributed by atoms with E-state index >= 15 is 0 Å². The summed E-state index contributed by atoms with van der Waals surface area (Å²) in [5, 5.41) is 4.82. The molecule has 0 radical (unpaired) electrons. The third-order valence-corrected chi connectivity index (χ3v) is 10.7. The molecule has 2 unspecified atom stereocenters. The average Bonchev–Trinajstić information content (AvgIpc) is 3.29. The summed E-state index contributed by atoms with van der Waals surface area (Å²) < 4.78 is 63.5. The number of anilines is 1. The number of sulfone groups is 1. The lowest BCUT2D eigenvalue weighted by Crippen LogP contribution is -2.55. The summed E-state index contributed by atoms with van der Waals surface area (Å²) in [5.74, 6) is -2.27. The third-order valence-electron chi connectivity index (χ3n) is 8.58. The topological polar surface area (TPSA) is 109 Å². The molecule has 5 aromatic rings. The van der Waals surface area contributed by atoms with Crippen LogP contribution in [0.5, 0.6) is 0 Å². The highest BCUT2D eigenvalue weighted by Crippen LogP contribution is 2.48. The smallest absolute Gasteiger partial charge is 0.322 e. The van der Waals surface area contributed by atoms with Gasteiger partial charge in [0.1, 0.15) is 5.54 Å². The molecular weight excluding hydrogens is 664 g/mol. The first kappa shape index (κ1) is 31.7. The molecule has 1 saturated heterocycles. The van der Waals surface area contributed by atoms with Gasteiger partial charge in [0.25, 0.3) is 15.7 Å². The maximum atomic E-state index is 14.8. The molecule has 6 rings (SSSR count). The summed E-state index contributed by atoms with van der Waals surface area (Å²) in [4.78, 5) is 37.2. The number of benzene rings is 3. The minimum absolute atomic E-state index is 0.125. The number of nitrogens with one attached hydrogen (secondary N) is 1. The van der Waals surface area contributed by atoms with Crippen molar-refractivity contribution in [1.82, 2.24) is 15.3 Å². The molecule has 1 aliphatic rings. The number of nitrogens with zero attached hydrogens (tertiary/aromatic N) is 3. The van der Waals surface area contributed by atoms with E-state index in [2.05, 4.69) is 15.3 Å². The van der Waals surface area contributed by atoms with E-state index in [9.17, 15) is 31.2 Å². The van der Waals surface area contributed by atoms with E-state index in [4.69, 9.17) is 23.2 Å². The van der Waals surface area contributed by atoms with Crippen molar-refractivity contribution < 1.29 is 31.2 Å². The number of carbonyl (C=O) groups excluding carboxylic acids is 2. The SMILES string of the molecule is CC(c1ccnc2cccc(Cl)c12)C1(C(C)c2ccnc3cccc(Cl)c23)NC(=O)N(c2ccc(S(=O)(=O)C(F)(F)F)cc2)C1=O. The molecule has 1 N–H and O–H groups in total. The Kier molecular flexibility index (Phi) is 7.73. The Morgan fingerprint density at radius 2 is 1.26 bits per heavy atom. The van der Waals surface area contributed by atoms with Gasteiger partial charge in [-0.1, -0.05) is 49.2 Å². The number of carbonyl (C=O) groups is 2. The molecule has 3 aromatic carbocycles. The number of amides is 3. The number of urea groups is 1. The van der Waals surface area contributed by atoms with Crippen LogP contribution in [-0.2, 0) is 14.6 Å². The Labute approximate surface area is 271 Å². The van der Waals surface area contributed by atoms with Crippen molar-refractivity contribution in [1.29, 1.82) is 0 Å². The summed E-state index contributed by atoms with van der Waals surface area (Å²) in [7, 11) is -5.66. The van der Waals surface area contributed by atoms with Crippen LogP contribution >= 0.6 is 23.2 Å². The predicted octanol–water partition coefficient (Wildman–Crippen LogP) is 7.79. The zero-order valence-electron chi connectivity index (χ0n) is 24.0. The molecule has 0 spiro atoms. The number of imide groups is 1. The first-order valence-corrected chi connectivity index (χ1v) is 16.1. The van der Waals surface area contributed by atoms with Gasteiger partial charge in [-0.3, -0.25) is 14.8 Å². The van der Waals surface area contributed by atoms with E-state index < -0.39 is 49.6 Å². The quantitative estimate of drug-likeness (QED) is 0.183. The number of hydrogen-bond acceptors (Lipinski definition) is 6. The van der Waals surface area contributed by atoms with Crippen LogP contribution in [0.15, 0.2) is 90.1 Å². The molecule has 0 saturated carbocycles. The summed E-state index contributed by atoms with van der Waals surface area (Å²) >= 11 is 13.3. The van der Waals surface area contributed by atoms with Gasteiger partial charge in [-0.2, -0.15) is 13.2 Å². The number of hydrogen-bond donors (Lipinski definition) is 1. The number of rotatable bonds is 6. The highest BCUT2D eigenvalue weighted by atomic mass is 35.5. The lowest BCUT2D eigenvalue weighted by atomic mass is 9.68. The number of aromatic nitrogens is 2. The first-order chi connectivity index (χ1) is 21.7. The van der Waals surface area contributed by atoms with Gasteiger partial charge >= 0.3 is 11.5 Å². The van der Waals surface area contributed by atoms with Gasteiger partial charge in [-0.25, -0.2) is 18.1 Å². The standard InChI is InChI=1S/C32H23Cl2F3N4O4S/c1-17(21-13-15-38-25-7-3-5-23(33)27(21)25)31(18(2)22-14-16-39-26-8-4-6-24(34)28(22)26)29(42)41(30(43)40-31)19-9-11-20(12-10-19)46(44,45)32(35,36)37/h3-18H,1-2H3,(H,40,43). The molecule has 3 heterocycles. The van der Waals surface area contributed by atoms with Crippen LogP contribution in [-0.4, -0.2) is 41.4 Å². The van der Waals surface area contributed by atoms with Crippen LogP contribution in [0.25, 0.3) is 21.8 Å². The highest BCUT2D eigenvalue weighted by Gasteiger charge is 2.59. The second kappa shape index (κ2) is 11.2. The molecule has 2 aromatic heterocycles. The fourth-order valence-corrected chi connectivity index (χ4v) is 7.57. The van der Waals surface area contributed by atoms with Crippen LogP contribution < -0.4 is 10.2 Å². The zero-order valence-corrected chi connectivity index (χ0v) is 26.3. The fourth-order valence-electron chi connectivity index (χ4n) is 6.25. The summed E-state index contributed by atoms with van der Waals surface area (Å²) in [6.07, 6.45) is 3.14. The number of alkyl halides is 3. The van der Waals surface area contributed by atoms with Gasteiger partial charge in [-0.05, 0) is 71.8 Å². The normalized spacial score (nSPS) is 18.6. The molecule has 1 fully saturated rings. The van der Waals surface area contributed by atoms with Gasteiger partial charge in [0, 0.05) is 35.0 Å². The van der Waals surface area contributed by atoms with E-state index in [0.717, 1.165) is 17.0 Å². The van der Waals surface area contributed by atoms with Gasteiger partial charge in [0.2, 0.25) is 0 Å². The van der Waals surface area contributed by atoms with Crippen molar-refractivity contribution in [3.8, 4) is 0 Å². The maximum absolute atomic E-state index is 14.8. The highest BCUT2D eigenvalue weighted by molar-refractivity contribution is 7.92. The minimum Gasteiger partial charge on any atom is -0.322 e. The van der Waals surface area contributed by atoms with E-state index in [1.807, 2.05) is 0 Å². The van der Waals surface area contributed by atoms with E-state index in [0.29, 0.717) is 55.1 Å². The van der Waals surface area contributed by atoms with E-state index in [1.54, 1.807) is 74.8 Å². The molecule has 0 bridgehead atoms. The molecule has 14 heteroatoms. The molecule has 3 amide bonds. The van der Waals surface area contributed by atoms with Gasteiger partial charge in [0.15, 0.2) is 0 Å². The molecular formula is C32H23Cl2F3N4O4S. The zero-order chi connectivity index (χ0) is 33.2. The Balaban J connectivity index is 1.55. The fraction of sp³-hybridized carbons (Fsp3) is 0.188. The van der Waals surface area contributed by atoms with Crippen molar-refractivity contribution >= 4 is 72.5 Å². The molecule has 46 heavy (non-hydrogen) atoms. The van der Waals surface area contributed by atoms with E-state index in [1.165, 1.54) is 0 Å². The van der Waals surface area contributed by atoms with Gasteiger partial charge in [-0.15, -0.1) is 0 Å². The third kappa shape index (κ3) is 4.78. The molecule has 236 valence electrons. The van der Waals surface area contributed by atoms with Crippen LogP contribution in [0.2, 0.25) is 10.0 Å². The van der Waals surface area contributed by atoms with Crippen molar-refractivity contribution in [2.75, 3.05) is 4.90 Å². The van der Waals surface area contributed by atoms with Gasteiger partial charge in [0.05, 0.1) is 31.7 Å². The van der Waals surface area contributed by atoms with Gasteiger partial charge < -0.3 is 5.32 Å². The summed E-state index contributed by atoms with van der Waals surface area (Å²) in [6.45, 7) is 3.53. The predicted molar refractivity (Wildman–Crippen MR) is 169 cm³/mol. The Morgan fingerprint density at radius 3 is 1.72 bits per heavy atom. The molecule has 8 nitrogen and oxygen atoms in total. The summed E-state index contributed by atoms with van der Waals surface area (Å²) in [6, 6.07) is 16.3. The maximum Gasteiger partial charge on any atom is 0.501 e. The van der Waals surface area contributed by atoms with Crippen molar-refractivity contribution in [3.05, 3.63) is 106 Å². The molecule has 2 atom stereocenters. The first-order valence-electron chi connectivity index (χ1n) is 13.8. The number of fused-ring (bicyclic) bond motifs is 2. The van der Waals surface area contributed by atoms with Crippen LogP contribution in [0, 0.1) is 0 Å². The van der Waals surface area contributed by atoms with Crippen LogP contribution in [0.3, 0.4) is 0 Å². The lowest BCUT2D eigenvalue weighted by Gasteiger charge is -2.39. The Morgan fingerprint density at radius 1 is 0.783 bits per heavy atom. The minimum atomic E-state index is -5.66. The second-order valence-corrected chi connectivity index (χ2v) is 13.7. The van der Waals surface area contributed by atoms with Crippen molar-refractivity contribution in [2.45, 2.75) is 41.6 Å². The van der Waals surface area contributed by atoms with Crippen molar-refractivity contribution in [3.63, 3.8) is 0 Å². The largest absolute Gasteiger partial charge is 0.501 e. The number of pyridine rings is 2. The lowest BCUT2D eigenvalue weighted by molar-refractivity contribution is -0.123. The van der Waals surface area contributed by atoms with Crippen LogP contribution in [0.4, 0.5) is 23.7 Å². The molecule has 1 aliphatic heterocycles.